The van der Waals surface area contributed by atoms with Crippen LogP contribution < -0.4 is 26.2 Å². The third-order valence-corrected chi connectivity index (χ3v) is 11.0. The molecule has 3 heterocycles. The van der Waals surface area contributed by atoms with E-state index in [0.29, 0.717) is 43.7 Å². The maximum Gasteiger partial charge on any atom is 0.426 e. The van der Waals surface area contributed by atoms with E-state index in [4.69, 9.17) is 28.4 Å². The van der Waals surface area contributed by atoms with E-state index in [2.05, 4.69) is 50.4 Å². The van der Waals surface area contributed by atoms with Crippen LogP contribution in [0.3, 0.4) is 0 Å². The van der Waals surface area contributed by atoms with Crippen molar-refractivity contribution in [3.05, 3.63) is 65.8 Å². The van der Waals surface area contributed by atoms with E-state index in [1.807, 2.05) is 19.9 Å². The second kappa shape index (κ2) is 24.2. The molecule has 3 aliphatic rings. The first-order valence-electron chi connectivity index (χ1n) is 20.6. The van der Waals surface area contributed by atoms with Crippen molar-refractivity contribution in [2.24, 2.45) is 5.92 Å². The largest absolute Gasteiger partial charge is 0.494 e. The Balaban J connectivity index is 1.14. The number of hydrogen-bond donors (Lipinski definition) is 5. The van der Waals surface area contributed by atoms with Crippen LogP contribution in [0.25, 0.3) is 0 Å². The van der Waals surface area contributed by atoms with Crippen molar-refractivity contribution in [2.75, 3.05) is 25.1 Å². The maximum atomic E-state index is 12.8. The molecule has 3 aliphatic heterocycles. The van der Waals surface area contributed by atoms with Gasteiger partial charge in [0.15, 0.2) is 0 Å². The summed E-state index contributed by atoms with van der Waals surface area (Å²) in [6, 6.07) is 6.99. The zero-order valence-corrected chi connectivity index (χ0v) is 36.7. The van der Waals surface area contributed by atoms with Gasteiger partial charge in [-0.25, -0.2) is 10.2 Å². The Labute approximate surface area is 360 Å². The fraction of sp³-hybridized carbons (Fsp3) is 0.605. The minimum absolute atomic E-state index is 0.0148. The molecule has 0 unspecified atom stereocenters. The van der Waals surface area contributed by atoms with E-state index in [-0.39, 0.29) is 49.0 Å². The lowest BCUT2D eigenvalue weighted by Crippen LogP contribution is -2.51. The highest BCUT2D eigenvalue weighted by Crippen LogP contribution is 2.43. The van der Waals surface area contributed by atoms with Crippen molar-refractivity contribution in [2.45, 2.75) is 134 Å². The van der Waals surface area contributed by atoms with Crippen LogP contribution in [0.2, 0.25) is 0 Å². The summed E-state index contributed by atoms with van der Waals surface area (Å²) in [7, 11) is 0. The fourth-order valence-electron chi connectivity index (χ4n) is 7.00. The number of esters is 1. The van der Waals surface area contributed by atoms with Gasteiger partial charge in [0.2, 0.25) is 17.7 Å². The van der Waals surface area contributed by atoms with Gasteiger partial charge in [-0.1, -0.05) is 58.8 Å². The van der Waals surface area contributed by atoms with Crippen LogP contribution in [-0.2, 0) is 49.5 Å². The Morgan fingerprint density at radius 1 is 1.02 bits per heavy atom. The Bertz CT molecular complexity index is 1680. The van der Waals surface area contributed by atoms with E-state index in [9.17, 15) is 29.1 Å². The highest BCUT2D eigenvalue weighted by atomic mass is 79.9. The first kappa shape index (κ1) is 48.4. The maximum absolute atomic E-state index is 12.8. The van der Waals surface area contributed by atoms with Crippen molar-refractivity contribution in [3.63, 3.8) is 0 Å². The van der Waals surface area contributed by atoms with E-state index in [1.54, 1.807) is 37.3 Å². The average molecular weight is 906 g/mol. The molecule has 0 aromatic heterocycles. The number of amides is 4. The number of epoxide rings is 1. The molecule has 1 aromatic rings. The highest BCUT2D eigenvalue weighted by molar-refractivity contribution is 9.09. The van der Waals surface area contributed by atoms with Gasteiger partial charge in [-0.3, -0.25) is 24.6 Å². The summed E-state index contributed by atoms with van der Waals surface area (Å²) >= 11 is 3.12. The molecule has 16 nitrogen and oxygen atoms in total. The Kier molecular flexibility index (Phi) is 19.5. The standard InChI is InChI=1S/C43H61BrN4O12/c1-27(9-16-36-28(2)21-35(30(4)59-36)46-38(50)18-11-29(3)58-31(5)49)10-17-37-41(53)43(26-57-43)23-34(60-37)22-39(51)47-48-42(54)56-25-32-12-14-33(15-13-32)55-20-8-6-7-19-45-40(52)24-44/h9-15,17-18,28-30,34-37,41,53H,6-8,16,19-26H2,1-5H3,(H,45,52)(H,46,50)(H,47,51)(H,48,54)/b17-10+,18-11-,27-9+/t28-,29-,30+,34+,35+,36-,37+,41+,43+/m0/s1. The van der Waals surface area contributed by atoms with Crippen molar-refractivity contribution < 1.29 is 57.5 Å². The van der Waals surface area contributed by atoms with Gasteiger partial charge in [0.05, 0.1) is 49.3 Å². The predicted octanol–water partition coefficient (Wildman–Crippen LogP) is 4.38. The number of ether oxygens (including phenoxy) is 6. The molecule has 0 saturated carbocycles. The minimum atomic E-state index is -0.917. The third kappa shape index (κ3) is 16.6. The Morgan fingerprint density at radius 3 is 2.47 bits per heavy atom. The molecule has 9 atom stereocenters. The first-order chi connectivity index (χ1) is 28.7. The van der Waals surface area contributed by atoms with Crippen LogP contribution in [0.5, 0.6) is 5.75 Å². The molecule has 1 spiro atoms. The molecule has 0 aliphatic carbocycles. The quantitative estimate of drug-likeness (QED) is 0.0235. The zero-order valence-electron chi connectivity index (χ0n) is 35.1. The van der Waals surface area contributed by atoms with Gasteiger partial charge in [-0.2, -0.15) is 0 Å². The Morgan fingerprint density at radius 2 is 1.77 bits per heavy atom. The number of carbonyl (C=O) groups excluding carboxylic acids is 5. The van der Waals surface area contributed by atoms with Gasteiger partial charge >= 0.3 is 12.1 Å². The topological polar surface area (TPSA) is 212 Å². The smallest absolute Gasteiger partial charge is 0.426 e. The van der Waals surface area contributed by atoms with Crippen LogP contribution in [0.15, 0.2) is 60.2 Å². The molecule has 5 N–H and O–H groups in total. The molecule has 0 radical (unpaired) electrons. The fourth-order valence-corrected chi connectivity index (χ4v) is 7.20. The lowest BCUT2D eigenvalue weighted by atomic mass is 9.87. The van der Waals surface area contributed by atoms with Gasteiger partial charge in [-0.05, 0) is 82.6 Å². The van der Waals surface area contributed by atoms with Gasteiger partial charge in [0.25, 0.3) is 0 Å². The number of hydrogen-bond acceptors (Lipinski definition) is 12. The third-order valence-electron chi connectivity index (χ3n) is 10.5. The molecule has 3 fully saturated rings. The van der Waals surface area contributed by atoms with Crippen molar-refractivity contribution >= 4 is 45.7 Å². The second-order valence-electron chi connectivity index (χ2n) is 15.6. The van der Waals surface area contributed by atoms with Gasteiger partial charge in [0.1, 0.15) is 36.3 Å². The van der Waals surface area contributed by atoms with Crippen LogP contribution in [0.4, 0.5) is 4.79 Å². The number of aliphatic hydroxyl groups excluding tert-OH is 1. The number of alkyl halides is 1. The number of nitrogens with one attached hydrogen (secondary N) is 4. The van der Waals surface area contributed by atoms with Crippen LogP contribution >= 0.6 is 15.9 Å². The highest BCUT2D eigenvalue weighted by Gasteiger charge is 2.58. The SMILES string of the molecule is CC(=O)O[C@@H](C)/C=C\C(=O)N[C@@H]1C[C@H](C)[C@H](C/C=C(C)/C=C/[C@H]2O[C@H](CC(=O)NNC(=O)OCc3ccc(OCCCCCNC(=O)CBr)cc3)C[C@@]3(CO3)[C@@H]2O)O[C@@H]1C. The van der Waals surface area contributed by atoms with Gasteiger partial charge in [-0.15, -0.1) is 0 Å². The molecule has 4 amide bonds. The number of hydrazine groups is 1. The number of allylic oxidation sites excluding steroid dienone is 2. The van der Waals surface area contributed by atoms with E-state index < -0.39 is 48.0 Å². The summed E-state index contributed by atoms with van der Waals surface area (Å²) in [5.74, 6) is -0.346. The number of rotatable bonds is 20. The number of carbonyl (C=O) groups is 5. The summed E-state index contributed by atoms with van der Waals surface area (Å²) in [5.41, 5.74) is 5.51. The normalized spacial score (nSPS) is 26.9. The molecular weight excluding hydrogens is 844 g/mol. The van der Waals surface area contributed by atoms with Crippen LogP contribution in [-0.4, -0.2) is 108 Å². The lowest BCUT2D eigenvalue weighted by Gasteiger charge is -2.39. The summed E-state index contributed by atoms with van der Waals surface area (Å²) in [6.07, 6.45) is 9.08. The summed E-state index contributed by atoms with van der Waals surface area (Å²) < 4.78 is 34.1. The van der Waals surface area contributed by atoms with Gasteiger partial charge in [0, 0.05) is 26.0 Å². The molecule has 17 heteroatoms. The van der Waals surface area contributed by atoms with E-state index in [0.717, 1.165) is 36.8 Å². The molecule has 3 saturated heterocycles. The van der Waals surface area contributed by atoms with Gasteiger partial charge < -0.3 is 44.2 Å². The molecule has 60 heavy (non-hydrogen) atoms. The number of benzene rings is 1. The Hall–Kier alpha value is -4.29. The molecular formula is C43H61BrN4O12. The summed E-state index contributed by atoms with van der Waals surface area (Å²) in [4.78, 5) is 59.9. The number of halogens is 1. The molecule has 1 aromatic carbocycles. The van der Waals surface area contributed by atoms with E-state index in [1.165, 1.54) is 19.1 Å². The molecule has 0 bridgehead atoms. The molecule has 4 rings (SSSR count). The van der Waals surface area contributed by atoms with Crippen molar-refractivity contribution in [1.29, 1.82) is 0 Å². The zero-order chi connectivity index (χ0) is 43.7. The first-order valence-corrected chi connectivity index (χ1v) is 21.7. The second-order valence-corrected chi connectivity index (χ2v) is 16.2. The number of unbranched alkanes of at least 4 members (excludes halogenated alkanes) is 2. The number of aliphatic hydroxyl groups is 1. The van der Waals surface area contributed by atoms with Crippen molar-refractivity contribution in [1.82, 2.24) is 21.5 Å². The minimum Gasteiger partial charge on any atom is -0.494 e. The van der Waals surface area contributed by atoms with Crippen molar-refractivity contribution in [3.8, 4) is 5.75 Å². The summed E-state index contributed by atoms with van der Waals surface area (Å²) in [5, 5.41) is 17.2. The monoisotopic (exact) mass is 904 g/mol. The molecule has 332 valence electrons. The average Bonchev–Trinajstić information content (AvgIpc) is 3.99. The summed E-state index contributed by atoms with van der Waals surface area (Å²) in [6.45, 7) is 10.5. The lowest BCUT2D eigenvalue weighted by molar-refractivity contribution is -0.146. The predicted molar refractivity (Wildman–Crippen MR) is 225 cm³/mol. The van der Waals surface area contributed by atoms with E-state index >= 15 is 0 Å². The van der Waals surface area contributed by atoms with Crippen LogP contribution in [0.1, 0.15) is 85.1 Å². The van der Waals surface area contributed by atoms with Crippen LogP contribution in [0, 0.1) is 5.92 Å².